The van der Waals surface area contributed by atoms with Gasteiger partial charge in [0.15, 0.2) is 23.3 Å². The van der Waals surface area contributed by atoms with E-state index >= 15 is 0 Å². The molecule has 0 aliphatic carbocycles. The Kier molecular flexibility index (Phi) is 6.25. The number of anilines is 1. The van der Waals surface area contributed by atoms with Crippen molar-refractivity contribution in [3.63, 3.8) is 0 Å². The number of oxazole rings is 1. The molecule has 162 valence electrons. The second-order valence-corrected chi connectivity index (χ2v) is 7.60. The van der Waals surface area contributed by atoms with Gasteiger partial charge in [0.05, 0.1) is 11.8 Å². The van der Waals surface area contributed by atoms with Gasteiger partial charge in [-0.15, -0.1) is 0 Å². The first-order chi connectivity index (χ1) is 15.0. The zero-order valence-corrected chi connectivity index (χ0v) is 16.8. The molecule has 0 spiro atoms. The molecule has 1 atom stereocenters. The topological polar surface area (TPSA) is 58.4 Å². The molecule has 1 fully saturated rings. The molecule has 1 N–H and O–H groups in total. The SMILES string of the molecule is O=C(CCc1ncc(-c2ccccc2F)o1)NCC1CCN(c2ccc(F)c(F)c2)C1. The summed E-state index contributed by atoms with van der Waals surface area (Å²) < 4.78 is 45.9. The predicted octanol–water partition coefficient (Wildman–Crippen LogP) is 4.33. The van der Waals surface area contributed by atoms with Crippen LogP contribution in [0.2, 0.25) is 0 Å². The van der Waals surface area contributed by atoms with Crippen LogP contribution in [-0.4, -0.2) is 30.5 Å². The lowest BCUT2D eigenvalue weighted by Gasteiger charge is -2.19. The van der Waals surface area contributed by atoms with E-state index in [9.17, 15) is 18.0 Å². The molecule has 3 aromatic rings. The molecule has 5 nitrogen and oxygen atoms in total. The van der Waals surface area contributed by atoms with Crippen molar-refractivity contribution in [1.29, 1.82) is 0 Å². The van der Waals surface area contributed by atoms with Gasteiger partial charge < -0.3 is 14.6 Å². The molecule has 1 aliphatic rings. The van der Waals surface area contributed by atoms with Gasteiger partial charge >= 0.3 is 0 Å². The van der Waals surface area contributed by atoms with Crippen LogP contribution in [0.5, 0.6) is 0 Å². The van der Waals surface area contributed by atoms with E-state index in [1.807, 2.05) is 4.90 Å². The van der Waals surface area contributed by atoms with Crippen molar-refractivity contribution >= 4 is 11.6 Å². The number of nitrogens with zero attached hydrogens (tertiary/aromatic N) is 2. The van der Waals surface area contributed by atoms with Gasteiger partial charge in [-0.1, -0.05) is 12.1 Å². The second kappa shape index (κ2) is 9.24. The monoisotopic (exact) mass is 429 g/mol. The van der Waals surface area contributed by atoms with E-state index in [2.05, 4.69) is 10.3 Å². The van der Waals surface area contributed by atoms with Gasteiger partial charge in [0, 0.05) is 44.2 Å². The second-order valence-electron chi connectivity index (χ2n) is 7.60. The molecule has 4 rings (SSSR count). The third-order valence-electron chi connectivity index (χ3n) is 5.40. The molecule has 1 aromatic heterocycles. The van der Waals surface area contributed by atoms with Gasteiger partial charge in [0.25, 0.3) is 0 Å². The first-order valence-electron chi connectivity index (χ1n) is 10.2. The van der Waals surface area contributed by atoms with Gasteiger partial charge in [-0.25, -0.2) is 18.2 Å². The number of aryl methyl sites for hydroxylation is 1. The smallest absolute Gasteiger partial charge is 0.220 e. The number of halogens is 3. The lowest BCUT2D eigenvalue weighted by Crippen LogP contribution is -2.31. The minimum atomic E-state index is -0.862. The number of nitrogens with one attached hydrogen (secondary N) is 1. The average molecular weight is 429 g/mol. The van der Waals surface area contributed by atoms with Crippen LogP contribution in [0.15, 0.2) is 53.1 Å². The van der Waals surface area contributed by atoms with Gasteiger partial charge in [0.1, 0.15) is 5.82 Å². The van der Waals surface area contributed by atoms with Crippen LogP contribution >= 0.6 is 0 Å². The van der Waals surface area contributed by atoms with Crippen molar-refractivity contribution in [1.82, 2.24) is 10.3 Å². The van der Waals surface area contributed by atoms with Crippen LogP contribution in [0.1, 0.15) is 18.7 Å². The Morgan fingerprint density at radius 2 is 1.97 bits per heavy atom. The van der Waals surface area contributed by atoms with Gasteiger partial charge in [-0.3, -0.25) is 4.79 Å². The zero-order chi connectivity index (χ0) is 21.8. The Bertz CT molecular complexity index is 1070. The first-order valence-corrected chi connectivity index (χ1v) is 10.2. The average Bonchev–Trinajstić information content (AvgIpc) is 3.43. The van der Waals surface area contributed by atoms with Crippen LogP contribution in [0.4, 0.5) is 18.9 Å². The molecular formula is C23H22F3N3O2. The lowest BCUT2D eigenvalue weighted by molar-refractivity contribution is -0.121. The summed E-state index contributed by atoms with van der Waals surface area (Å²) in [6.07, 6.45) is 2.82. The van der Waals surface area contributed by atoms with Crippen molar-refractivity contribution < 1.29 is 22.4 Å². The number of carbonyl (C=O) groups is 1. The summed E-state index contributed by atoms with van der Waals surface area (Å²) in [5.74, 6) is -1.31. The molecule has 8 heteroatoms. The number of amides is 1. The normalized spacial score (nSPS) is 16.0. The third-order valence-corrected chi connectivity index (χ3v) is 5.40. The Balaban J connectivity index is 1.22. The Hall–Kier alpha value is -3.29. The Labute approximate surface area is 177 Å². The van der Waals surface area contributed by atoms with Gasteiger partial charge in [-0.2, -0.15) is 0 Å². The van der Waals surface area contributed by atoms with Crippen molar-refractivity contribution in [2.24, 2.45) is 5.92 Å². The van der Waals surface area contributed by atoms with E-state index in [1.165, 1.54) is 18.3 Å². The number of aromatic nitrogens is 1. The van der Waals surface area contributed by atoms with Gasteiger partial charge in [-0.05, 0) is 36.6 Å². The van der Waals surface area contributed by atoms with E-state index in [4.69, 9.17) is 4.42 Å². The van der Waals surface area contributed by atoms with E-state index in [-0.39, 0.29) is 18.2 Å². The lowest BCUT2D eigenvalue weighted by atomic mass is 10.1. The summed E-state index contributed by atoms with van der Waals surface area (Å²) in [5.41, 5.74) is 0.972. The number of hydrogen-bond acceptors (Lipinski definition) is 4. The number of hydrogen-bond donors (Lipinski definition) is 1. The molecule has 2 heterocycles. The Morgan fingerprint density at radius 1 is 1.13 bits per heavy atom. The highest BCUT2D eigenvalue weighted by Crippen LogP contribution is 2.25. The maximum atomic E-state index is 13.8. The Morgan fingerprint density at radius 3 is 2.77 bits per heavy atom. The molecule has 0 bridgehead atoms. The van der Waals surface area contributed by atoms with E-state index in [0.29, 0.717) is 42.4 Å². The van der Waals surface area contributed by atoms with E-state index in [1.54, 1.807) is 24.3 Å². The molecule has 2 aromatic carbocycles. The molecule has 0 saturated carbocycles. The van der Waals surface area contributed by atoms with E-state index in [0.717, 1.165) is 19.0 Å². The van der Waals surface area contributed by atoms with Crippen LogP contribution in [0, 0.1) is 23.4 Å². The standard InChI is InChI=1S/C23H22F3N3O2/c24-18-4-2-1-3-17(18)21-13-28-23(31-21)8-7-22(30)27-12-15-9-10-29(14-15)16-5-6-19(25)20(26)11-16/h1-6,11,13,15H,7-10,12,14H2,(H,27,30). The molecular weight excluding hydrogens is 407 g/mol. The summed E-state index contributed by atoms with van der Waals surface area (Å²) in [6.45, 7) is 1.89. The fourth-order valence-electron chi connectivity index (χ4n) is 3.69. The highest BCUT2D eigenvalue weighted by molar-refractivity contribution is 5.76. The van der Waals surface area contributed by atoms with Crippen molar-refractivity contribution in [2.45, 2.75) is 19.3 Å². The molecule has 1 unspecified atom stereocenters. The van der Waals surface area contributed by atoms with Crippen LogP contribution in [0.25, 0.3) is 11.3 Å². The quantitative estimate of drug-likeness (QED) is 0.607. The first kappa shape index (κ1) is 21.0. The molecule has 31 heavy (non-hydrogen) atoms. The summed E-state index contributed by atoms with van der Waals surface area (Å²) in [6, 6.07) is 10.2. The van der Waals surface area contributed by atoms with E-state index < -0.39 is 17.5 Å². The summed E-state index contributed by atoms with van der Waals surface area (Å²) in [7, 11) is 0. The van der Waals surface area contributed by atoms with Crippen molar-refractivity contribution in [3.05, 3.63) is 72.0 Å². The van der Waals surface area contributed by atoms with Gasteiger partial charge in [0.2, 0.25) is 5.91 Å². The predicted molar refractivity (Wildman–Crippen MR) is 110 cm³/mol. The summed E-state index contributed by atoms with van der Waals surface area (Å²) in [5, 5.41) is 2.91. The number of carbonyl (C=O) groups excluding carboxylic acids is 1. The fraction of sp³-hybridized carbons (Fsp3) is 0.304. The highest BCUT2D eigenvalue weighted by Gasteiger charge is 2.24. The van der Waals surface area contributed by atoms with Crippen LogP contribution in [0.3, 0.4) is 0 Å². The molecule has 0 radical (unpaired) electrons. The van der Waals surface area contributed by atoms with Crippen LogP contribution in [-0.2, 0) is 11.2 Å². The fourth-order valence-corrected chi connectivity index (χ4v) is 3.69. The zero-order valence-electron chi connectivity index (χ0n) is 16.8. The van der Waals surface area contributed by atoms with Crippen LogP contribution < -0.4 is 10.2 Å². The third kappa shape index (κ3) is 5.07. The highest BCUT2D eigenvalue weighted by atomic mass is 19.2. The minimum absolute atomic E-state index is 0.128. The molecule has 1 aliphatic heterocycles. The largest absolute Gasteiger partial charge is 0.441 e. The summed E-state index contributed by atoms with van der Waals surface area (Å²) >= 11 is 0. The number of benzene rings is 2. The minimum Gasteiger partial charge on any atom is -0.441 e. The summed E-state index contributed by atoms with van der Waals surface area (Å²) in [4.78, 5) is 18.3. The maximum Gasteiger partial charge on any atom is 0.220 e. The number of rotatable bonds is 7. The molecule has 1 saturated heterocycles. The molecule has 1 amide bonds. The maximum absolute atomic E-state index is 13.8. The van der Waals surface area contributed by atoms with Crippen molar-refractivity contribution in [2.75, 3.05) is 24.5 Å². The van der Waals surface area contributed by atoms with Crippen molar-refractivity contribution in [3.8, 4) is 11.3 Å².